The fourth-order valence-corrected chi connectivity index (χ4v) is 2.74. The molecular formula is C18H20N2O. The summed E-state index contributed by atoms with van der Waals surface area (Å²) in [6.07, 6.45) is 0.800. The van der Waals surface area contributed by atoms with E-state index in [4.69, 9.17) is 0 Å². The van der Waals surface area contributed by atoms with E-state index in [9.17, 15) is 4.79 Å². The number of carbonyl (C=O) groups excluding carboxylic acids is 1. The first-order valence-electron chi connectivity index (χ1n) is 7.46. The predicted octanol–water partition coefficient (Wildman–Crippen LogP) is 2.32. The summed E-state index contributed by atoms with van der Waals surface area (Å²) < 4.78 is 0. The smallest absolute Gasteiger partial charge is 0.254 e. The van der Waals surface area contributed by atoms with Gasteiger partial charge in [0.1, 0.15) is 0 Å². The minimum atomic E-state index is 0.156. The lowest BCUT2D eigenvalue weighted by molar-refractivity contribution is 0.0735. The fourth-order valence-electron chi connectivity index (χ4n) is 2.74. The molecule has 3 rings (SSSR count). The van der Waals surface area contributed by atoms with Crippen molar-refractivity contribution >= 4 is 5.91 Å². The van der Waals surface area contributed by atoms with Gasteiger partial charge in [0.05, 0.1) is 0 Å². The molecule has 1 aliphatic heterocycles. The van der Waals surface area contributed by atoms with Crippen LogP contribution in [0.15, 0.2) is 54.6 Å². The second-order valence-corrected chi connectivity index (χ2v) is 5.36. The van der Waals surface area contributed by atoms with Crippen molar-refractivity contribution < 1.29 is 4.79 Å². The molecule has 1 N–H and O–H groups in total. The van der Waals surface area contributed by atoms with Crippen molar-refractivity contribution in [2.24, 2.45) is 0 Å². The van der Waals surface area contributed by atoms with Gasteiger partial charge in [-0.1, -0.05) is 48.5 Å². The molecule has 0 spiro atoms. The Bertz CT molecular complexity index is 604. The van der Waals surface area contributed by atoms with E-state index in [0.717, 1.165) is 43.7 Å². The zero-order valence-electron chi connectivity index (χ0n) is 12.1. The molecule has 2 aromatic carbocycles. The number of benzene rings is 2. The first kappa shape index (κ1) is 13.8. The Hall–Kier alpha value is -2.13. The fraction of sp³-hybridized carbons (Fsp3) is 0.278. The van der Waals surface area contributed by atoms with E-state index < -0.39 is 0 Å². The van der Waals surface area contributed by atoms with E-state index in [-0.39, 0.29) is 5.91 Å². The summed E-state index contributed by atoms with van der Waals surface area (Å²) in [5, 5.41) is 3.28. The van der Waals surface area contributed by atoms with Crippen LogP contribution in [0.1, 0.15) is 21.5 Å². The zero-order chi connectivity index (χ0) is 14.5. The minimum Gasteiger partial charge on any atom is -0.336 e. The molecular weight excluding hydrogens is 260 g/mol. The van der Waals surface area contributed by atoms with Crippen LogP contribution in [0.3, 0.4) is 0 Å². The molecule has 1 saturated heterocycles. The van der Waals surface area contributed by atoms with Crippen LogP contribution in [0.5, 0.6) is 0 Å². The number of piperazine rings is 1. The molecule has 0 bridgehead atoms. The van der Waals surface area contributed by atoms with Crippen LogP contribution in [-0.2, 0) is 6.42 Å². The van der Waals surface area contributed by atoms with Gasteiger partial charge in [-0.2, -0.15) is 0 Å². The van der Waals surface area contributed by atoms with Crippen LogP contribution in [0.2, 0.25) is 0 Å². The maximum Gasteiger partial charge on any atom is 0.254 e. The van der Waals surface area contributed by atoms with Gasteiger partial charge >= 0.3 is 0 Å². The number of hydrogen-bond donors (Lipinski definition) is 1. The standard InChI is InChI=1S/C18H20N2O/c21-18(20-12-10-19-11-13-20)17-9-5-4-8-16(17)14-15-6-2-1-3-7-15/h1-9,19H,10-14H2. The summed E-state index contributed by atoms with van der Waals surface area (Å²) in [5.74, 6) is 0.156. The summed E-state index contributed by atoms with van der Waals surface area (Å²) in [7, 11) is 0. The second kappa shape index (κ2) is 6.55. The summed E-state index contributed by atoms with van der Waals surface area (Å²) in [6, 6.07) is 18.3. The van der Waals surface area contributed by atoms with E-state index in [1.165, 1.54) is 5.56 Å². The third kappa shape index (κ3) is 3.31. The van der Waals surface area contributed by atoms with Gasteiger partial charge in [0.15, 0.2) is 0 Å². The lowest BCUT2D eigenvalue weighted by atomic mass is 9.99. The molecule has 0 saturated carbocycles. The number of nitrogens with zero attached hydrogens (tertiary/aromatic N) is 1. The Morgan fingerprint density at radius 1 is 0.952 bits per heavy atom. The van der Waals surface area contributed by atoms with Crippen LogP contribution in [-0.4, -0.2) is 37.0 Å². The Kier molecular flexibility index (Phi) is 4.31. The largest absolute Gasteiger partial charge is 0.336 e. The molecule has 0 unspecified atom stereocenters. The average molecular weight is 280 g/mol. The predicted molar refractivity (Wildman–Crippen MR) is 84.5 cm³/mol. The van der Waals surface area contributed by atoms with E-state index in [1.807, 2.05) is 41.3 Å². The first-order chi connectivity index (χ1) is 10.3. The van der Waals surface area contributed by atoms with Crippen molar-refractivity contribution in [2.75, 3.05) is 26.2 Å². The van der Waals surface area contributed by atoms with Crippen molar-refractivity contribution in [3.8, 4) is 0 Å². The van der Waals surface area contributed by atoms with Crippen molar-refractivity contribution in [3.63, 3.8) is 0 Å². The molecule has 1 heterocycles. The Morgan fingerprint density at radius 2 is 1.62 bits per heavy atom. The second-order valence-electron chi connectivity index (χ2n) is 5.36. The summed E-state index contributed by atoms with van der Waals surface area (Å²) in [5.41, 5.74) is 3.17. The monoisotopic (exact) mass is 280 g/mol. The molecule has 108 valence electrons. The highest BCUT2D eigenvalue weighted by Gasteiger charge is 2.20. The van der Waals surface area contributed by atoms with Gasteiger partial charge < -0.3 is 10.2 Å². The van der Waals surface area contributed by atoms with Gasteiger partial charge in [0.25, 0.3) is 5.91 Å². The van der Waals surface area contributed by atoms with Gasteiger partial charge in [-0.3, -0.25) is 4.79 Å². The zero-order valence-corrected chi connectivity index (χ0v) is 12.1. The Morgan fingerprint density at radius 3 is 2.38 bits per heavy atom. The number of carbonyl (C=O) groups is 1. The number of hydrogen-bond acceptors (Lipinski definition) is 2. The molecule has 0 atom stereocenters. The van der Waals surface area contributed by atoms with Gasteiger partial charge in [-0.05, 0) is 23.6 Å². The van der Waals surface area contributed by atoms with E-state index >= 15 is 0 Å². The van der Waals surface area contributed by atoms with Crippen LogP contribution in [0.25, 0.3) is 0 Å². The third-order valence-corrected chi connectivity index (χ3v) is 3.89. The lowest BCUT2D eigenvalue weighted by Crippen LogP contribution is -2.46. The number of amides is 1. The van der Waals surface area contributed by atoms with E-state index in [2.05, 4.69) is 23.5 Å². The molecule has 0 radical (unpaired) electrons. The lowest BCUT2D eigenvalue weighted by Gasteiger charge is -2.28. The maximum atomic E-state index is 12.7. The Labute approximate surface area is 125 Å². The third-order valence-electron chi connectivity index (χ3n) is 3.89. The van der Waals surface area contributed by atoms with Gasteiger partial charge in [-0.25, -0.2) is 0 Å². The topological polar surface area (TPSA) is 32.3 Å². The molecule has 1 aliphatic rings. The summed E-state index contributed by atoms with van der Waals surface area (Å²) >= 11 is 0. The van der Waals surface area contributed by atoms with Crippen LogP contribution < -0.4 is 5.32 Å². The normalized spacial score (nSPS) is 15.0. The van der Waals surface area contributed by atoms with Gasteiger partial charge in [-0.15, -0.1) is 0 Å². The van der Waals surface area contributed by atoms with Crippen molar-refractivity contribution in [1.29, 1.82) is 0 Å². The molecule has 0 aromatic heterocycles. The van der Waals surface area contributed by atoms with Crippen LogP contribution >= 0.6 is 0 Å². The van der Waals surface area contributed by atoms with E-state index in [0.29, 0.717) is 0 Å². The van der Waals surface area contributed by atoms with Crippen LogP contribution in [0.4, 0.5) is 0 Å². The van der Waals surface area contributed by atoms with Crippen molar-refractivity contribution in [1.82, 2.24) is 10.2 Å². The van der Waals surface area contributed by atoms with Crippen molar-refractivity contribution in [3.05, 3.63) is 71.3 Å². The van der Waals surface area contributed by atoms with Crippen LogP contribution in [0, 0.1) is 0 Å². The molecule has 21 heavy (non-hydrogen) atoms. The minimum absolute atomic E-state index is 0.156. The molecule has 2 aromatic rings. The summed E-state index contributed by atoms with van der Waals surface area (Å²) in [6.45, 7) is 3.34. The highest BCUT2D eigenvalue weighted by molar-refractivity contribution is 5.95. The van der Waals surface area contributed by atoms with Gasteiger partial charge in [0.2, 0.25) is 0 Å². The Balaban J connectivity index is 1.83. The maximum absolute atomic E-state index is 12.7. The quantitative estimate of drug-likeness (QED) is 0.936. The van der Waals surface area contributed by atoms with Gasteiger partial charge in [0, 0.05) is 31.7 Å². The number of rotatable bonds is 3. The highest BCUT2D eigenvalue weighted by atomic mass is 16.2. The SMILES string of the molecule is O=C(c1ccccc1Cc1ccccc1)N1CCNCC1. The highest BCUT2D eigenvalue weighted by Crippen LogP contribution is 2.16. The number of nitrogens with one attached hydrogen (secondary N) is 1. The molecule has 3 nitrogen and oxygen atoms in total. The molecule has 3 heteroatoms. The molecule has 1 amide bonds. The van der Waals surface area contributed by atoms with Crippen molar-refractivity contribution in [2.45, 2.75) is 6.42 Å². The molecule has 1 fully saturated rings. The average Bonchev–Trinajstić information content (AvgIpc) is 2.56. The van der Waals surface area contributed by atoms with E-state index in [1.54, 1.807) is 0 Å². The summed E-state index contributed by atoms with van der Waals surface area (Å²) in [4.78, 5) is 14.7. The molecule has 0 aliphatic carbocycles. The first-order valence-corrected chi connectivity index (χ1v) is 7.46.